The molecule has 0 saturated heterocycles. The third kappa shape index (κ3) is 3.68. The molecule has 1 aromatic heterocycles. The van der Waals surface area contributed by atoms with Gasteiger partial charge >= 0.3 is 6.09 Å². The molecule has 0 aliphatic heterocycles. The molecule has 6 heteroatoms. The molecule has 22 heavy (non-hydrogen) atoms. The summed E-state index contributed by atoms with van der Waals surface area (Å²) in [5, 5.41) is 0. The molecule has 4 nitrogen and oxygen atoms in total. The van der Waals surface area contributed by atoms with Crippen molar-refractivity contribution in [3.63, 3.8) is 0 Å². The number of hydrogen-bond donors (Lipinski definition) is 0. The lowest BCUT2D eigenvalue weighted by Crippen LogP contribution is -2.27. The fraction of sp³-hybridized carbons (Fsp3) is 0.312. The molecule has 0 aliphatic rings. The molecule has 2 aromatic rings. The Morgan fingerprint density at radius 3 is 2.55 bits per heavy atom. The van der Waals surface area contributed by atoms with E-state index in [0.717, 1.165) is 0 Å². The number of carbonyl (C=O) groups excluding carboxylic acids is 1. The Balaban J connectivity index is 2.54. The number of halogens is 2. The van der Waals surface area contributed by atoms with E-state index < -0.39 is 17.5 Å². The second kappa shape index (κ2) is 6.12. The summed E-state index contributed by atoms with van der Waals surface area (Å²) in [5.74, 6) is 0.0562. The number of hydrogen-bond acceptors (Lipinski definition) is 3. The van der Waals surface area contributed by atoms with Crippen LogP contribution in [0.1, 0.15) is 20.8 Å². The summed E-state index contributed by atoms with van der Waals surface area (Å²) >= 11 is 3.33. The maximum Gasteiger partial charge on any atom is 0.419 e. The lowest BCUT2D eigenvalue weighted by atomic mass is 10.1. The first kappa shape index (κ1) is 16.5. The van der Waals surface area contributed by atoms with Gasteiger partial charge in [-0.15, -0.1) is 0 Å². The van der Waals surface area contributed by atoms with E-state index in [0.29, 0.717) is 21.5 Å². The molecule has 0 amide bonds. The minimum atomic E-state index is -0.628. The molecule has 0 saturated carbocycles. The van der Waals surface area contributed by atoms with Crippen molar-refractivity contribution in [3.8, 4) is 17.0 Å². The smallest absolute Gasteiger partial charge is 0.419 e. The van der Waals surface area contributed by atoms with Gasteiger partial charge < -0.3 is 9.47 Å². The quantitative estimate of drug-likeness (QED) is 0.759. The molecule has 1 aromatic carbocycles. The molecule has 118 valence electrons. The third-order valence-electron chi connectivity index (χ3n) is 2.81. The maximum absolute atomic E-state index is 13.6. The van der Waals surface area contributed by atoms with E-state index in [1.54, 1.807) is 33.0 Å². The standard InChI is InChI=1S/C16H17BrFNO3/c1-16(2,3)22-15(20)19-9-10(17)7-13(19)12-8-11(18)5-6-14(12)21-4/h5-9H,1-4H3. The number of carbonyl (C=O) groups is 1. The van der Waals surface area contributed by atoms with Crippen LogP contribution in [0.2, 0.25) is 0 Å². The van der Waals surface area contributed by atoms with Crippen LogP contribution < -0.4 is 4.74 Å². The number of nitrogens with zero attached hydrogens (tertiary/aromatic N) is 1. The summed E-state index contributed by atoms with van der Waals surface area (Å²) in [7, 11) is 1.49. The van der Waals surface area contributed by atoms with Crippen LogP contribution in [0, 0.1) is 5.82 Å². The highest BCUT2D eigenvalue weighted by Crippen LogP contribution is 2.33. The van der Waals surface area contributed by atoms with Crippen molar-refractivity contribution in [3.05, 3.63) is 40.8 Å². The fourth-order valence-electron chi connectivity index (χ4n) is 1.98. The number of aromatic nitrogens is 1. The zero-order chi connectivity index (χ0) is 16.5. The summed E-state index contributed by atoms with van der Waals surface area (Å²) in [4.78, 5) is 12.3. The van der Waals surface area contributed by atoms with Gasteiger partial charge in [0.25, 0.3) is 0 Å². The Labute approximate surface area is 137 Å². The minimum Gasteiger partial charge on any atom is -0.496 e. The predicted molar refractivity (Wildman–Crippen MR) is 85.7 cm³/mol. The molecule has 0 aliphatic carbocycles. The first-order valence-corrected chi connectivity index (χ1v) is 7.46. The van der Waals surface area contributed by atoms with Crippen LogP contribution in [0.15, 0.2) is 34.9 Å². The van der Waals surface area contributed by atoms with Crippen LogP contribution in [-0.4, -0.2) is 23.4 Å². The van der Waals surface area contributed by atoms with E-state index in [9.17, 15) is 9.18 Å². The van der Waals surface area contributed by atoms with Gasteiger partial charge in [0.15, 0.2) is 0 Å². The van der Waals surface area contributed by atoms with E-state index in [1.165, 1.54) is 29.9 Å². The Bertz CT molecular complexity index is 704. The van der Waals surface area contributed by atoms with Gasteiger partial charge in [0.1, 0.15) is 17.2 Å². The van der Waals surface area contributed by atoms with Crippen LogP contribution in [0.5, 0.6) is 5.75 Å². The van der Waals surface area contributed by atoms with Gasteiger partial charge in [-0.25, -0.2) is 9.18 Å². The van der Waals surface area contributed by atoms with Crippen LogP contribution in [0.25, 0.3) is 11.3 Å². The van der Waals surface area contributed by atoms with E-state index in [1.807, 2.05) is 0 Å². The molecule has 0 unspecified atom stereocenters. The Hall–Kier alpha value is -1.82. The highest BCUT2D eigenvalue weighted by molar-refractivity contribution is 9.10. The summed E-state index contributed by atoms with van der Waals surface area (Å²) in [6, 6.07) is 5.85. The molecule has 1 heterocycles. The molecule has 2 rings (SSSR count). The molecule has 0 radical (unpaired) electrons. The predicted octanol–water partition coefficient (Wildman–Crippen LogP) is 4.85. The second-order valence-corrected chi connectivity index (χ2v) is 6.65. The van der Waals surface area contributed by atoms with Gasteiger partial charge in [0, 0.05) is 16.2 Å². The van der Waals surface area contributed by atoms with E-state index in [2.05, 4.69) is 15.9 Å². The van der Waals surface area contributed by atoms with Crippen molar-refractivity contribution in [2.24, 2.45) is 0 Å². The van der Waals surface area contributed by atoms with Gasteiger partial charge in [-0.05, 0) is 61.0 Å². The van der Waals surface area contributed by atoms with Gasteiger partial charge in [0.2, 0.25) is 0 Å². The summed E-state index contributed by atoms with van der Waals surface area (Å²) in [6.45, 7) is 5.35. The van der Waals surface area contributed by atoms with Crippen LogP contribution in [0.3, 0.4) is 0 Å². The summed E-state index contributed by atoms with van der Waals surface area (Å²) in [5.41, 5.74) is 0.327. The Morgan fingerprint density at radius 2 is 1.95 bits per heavy atom. The number of rotatable bonds is 2. The lowest BCUT2D eigenvalue weighted by Gasteiger charge is -2.20. The largest absolute Gasteiger partial charge is 0.496 e. The molecule has 0 N–H and O–H groups in total. The van der Waals surface area contributed by atoms with Crippen molar-refractivity contribution in [2.75, 3.05) is 7.11 Å². The summed E-state index contributed by atoms with van der Waals surface area (Å²) in [6.07, 6.45) is 1.04. The molecule has 0 atom stereocenters. The number of ether oxygens (including phenoxy) is 2. The molecule has 0 spiro atoms. The fourth-order valence-corrected chi connectivity index (χ4v) is 2.40. The summed E-state index contributed by atoms with van der Waals surface area (Å²) < 4.78 is 26.2. The first-order chi connectivity index (χ1) is 10.2. The van der Waals surface area contributed by atoms with Crippen molar-refractivity contribution in [1.82, 2.24) is 4.57 Å². The monoisotopic (exact) mass is 369 g/mol. The van der Waals surface area contributed by atoms with E-state index >= 15 is 0 Å². The van der Waals surface area contributed by atoms with Crippen molar-refractivity contribution in [2.45, 2.75) is 26.4 Å². The normalized spacial score (nSPS) is 11.4. The highest BCUT2D eigenvalue weighted by Gasteiger charge is 2.22. The SMILES string of the molecule is COc1ccc(F)cc1-c1cc(Br)cn1C(=O)OC(C)(C)C. The zero-order valence-electron chi connectivity index (χ0n) is 12.8. The Kier molecular flexibility index (Phi) is 4.60. The maximum atomic E-state index is 13.6. The average Bonchev–Trinajstić information content (AvgIpc) is 2.79. The molecule has 0 fully saturated rings. The van der Waals surface area contributed by atoms with Gasteiger partial charge in [0.05, 0.1) is 12.8 Å². The van der Waals surface area contributed by atoms with Crippen molar-refractivity contribution >= 4 is 22.0 Å². The minimum absolute atomic E-state index is 0.413. The second-order valence-electron chi connectivity index (χ2n) is 5.74. The van der Waals surface area contributed by atoms with E-state index in [4.69, 9.17) is 9.47 Å². The van der Waals surface area contributed by atoms with Gasteiger partial charge in [-0.2, -0.15) is 0 Å². The third-order valence-corrected chi connectivity index (χ3v) is 3.25. The highest BCUT2D eigenvalue weighted by atomic mass is 79.9. The zero-order valence-corrected chi connectivity index (χ0v) is 14.4. The molecular weight excluding hydrogens is 353 g/mol. The van der Waals surface area contributed by atoms with Crippen molar-refractivity contribution < 1.29 is 18.7 Å². The van der Waals surface area contributed by atoms with E-state index in [-0.39, 0.29) is 0 Å². The topological polar surface area (TPSA) is 40.5 Å². The first-order valence-electron chi connectivity index (χ1n) is 6.66. The lowest BCUT2D eigenvalue weighted by molar-refractivity contribution is 0.0540. The Morgan fingerprint density at radius 1 is 1.27 bits per heavy atom. The average molecular weight is 370 g/mol. The van der Waals surface area contributed by atoms with Crippen LogP contribution in [0.4, 0.5) is 9.18 Å². The number of methoxy groups -OCH3 is 1. The molecular formula is C16H17BrFNO3. The van der Waals surface area contributed by atoms with Crippen LogP contribution in [-0.2, 0) is 4.74 Å². The number of benzene rings is 1. The van der Waals surface area contributed by atoms with Crippen molar-refractivity contribution in [1.29, 1.82) is 0 Å². The molecule has 0 bridgehead atoms. The van der Waals surface area contributed by atoms with Gasteiger partial charge in [-0.3, -0.25) is 4.57 Å². The van der Waals surface area contributed by atoms with Gasteiger partial charge in [-0.1, -0.05) is 0 Å². The van der Waals surface area contributed by atoms with Crippen LogP contribution >= 0.6 is 15.9 Å².